The van der Waals surface area contributed by atoms with Gasteiger partial charge in [0, 0.05) is 13.2 Å². The number of aromatic nitrogens is 1. The molecule has 0 spiro atoms. The minimum atomic E-state index is -4.61. The number of likely N-dealkylation sites (N-methyl/N-ethyl adjacent to an activating group) is 1. The molecule has 20 heavy (non-hydrogen) atoms. The van der Waals surface area contributed by atoms with Crippen LogP contribution in [0.5, 0.6) is 0 Å². The molecule has 1 N–H and O–H groups in total. The second-order valence-electron chi connectivity index (χ2n) is 4.73. The largest absolute Gasteiger partial charge is 0.433 e. The number of hydrogen-bond donors (Lipinski definition) is 1. The number of aliphatic hydroxyl groups excluding tert-OH is 1. The number of nitrogens with zero attached hydrogens (tertiary/aromatic N) is 2. The molecule has 9 heteroatoms. The molecular formula is C11H13F3N2O3S. The van der Waals surface area contributed by atoms with Crippen LogP contribution in [0.1, 0.15) is 18.5 Å². The molecule has 112 valence electrons. The lowest BCUT2D eigenvalue weighted by molar-refractivity contribution is -0.141. The molecule has 1 aliphatic carbocycles. The van der Waals surface area contributed by atoms with E-state index < -0.39 is 27.4 Å². The van der Waals surface area contributed by atoms with Gasteiger partial charge in [0.25, 0.3) is 0 Å². The Hall–Kier alpha value is -1.19. The SMILES string of the molecule is CN(C1(CO)CC1)S(=O)(=O)c1ccc(C(F)(F)F)nc1. The summed E-state index contributed by atoms with van der Waals surface area (Å²) in [5.74, 6) is 0. The Kier molecular flexibility index (Phi) is 3.55. The van der Waals surface area contributed by atoms with E-state index in [9.17, 15) is 26.7 Å². The number of sulfonamides is 1. The van der Waals surface area contributed by atoms with Crippen LogP contribution >= 0.6 is 0 Å². The molecule has 1 fully saturated rings. The van der Waals surface area contributed by atoms with Gasteiger partial charge in [-0.15, -0.1) is 0 Å². The fourth-order valence-electron chi connectivity index (χ4n) is 1.83. The van der Waals surface area contributed by atoms with E-state index in [4.69, 9.17) is 0 Å². The number of aliphatic hydroxyl groups is 1. The fraction of sp³-hybridized carbons (Fsp3) is 0.545. The highest BCUT2D eigenvalue weighted by atomic mass is 32.2. The molecule has 1 aliphatic rings. The van der Waals surface area contributed by atoms with Crippen molar-refractivity contribution in [2.45, 2.75) is 29.5 Å². The summed E-state index contributed by atoms with van der Waals surface area (Å²) in [6.45, 7) is -0.323. The Labute approximate surface area is 114 Å². The molecule has 1 heterocycles. The Morgan fingerprint density at radius 3 is 2.35 bits per heavy atom. The van der Waals surface area contributed by atoms with Gasteiger partial charge in [-0.1, -0.05) is 0 Å². The minimum Gasteiger partial charge on any atom is -0.394 e. The van der Waals surface area contributed by atoms with Gasteiger partial charge in [-0.2, -0.15) is 17.5 Å². The summed E-state index contributed by atoms with van der Waals surface area (Å²) in [5.41, 5.74) is -1.98. The lowest BCUT2D eigenvalue weighted by Crippen LogP contribution is -2.41. The van der Waals surface area contributed by atoms with Crippen LogP contribution in [0.25, 0.3) is 0 Å². The third-order valence-corrected chi connectivity index (χ3v) is 5.42. The normalized spacial score (nSPS) is 18.3. The lowest BCUT2D eigenvalue weighted by atomic mass is 10.3. The Morgan fingerprint density at radius 2 is 2.00 bits per heavy atom. The molecule has 0 aromatic carbocycles. The molecule has 0 radical (unpaired) electrons. The van der Waals surface area contributed by atoms with Gasteiger partial charge in [-0.05, 0) is 25.0 Å². The van der Waals surface area contributed by atoms with Gasteiger partial charge in [0.05, 0.1) is 12.1 Å². The van der Waals surface area contributed by atoms with Crippen LogP contribution < -0.4 is 0 Å². The zero-order valence-corrected chi connectivity index (χ0v) is 11.4. The third kappa shape index (κ3) is 2.52. The van der Waals surface area contributed by atoms with E-state index in [1.165, 1.54) is 7.05 Å². The predicted molar refractivity (Wildman–Crippen MR) is 63.2 cm³/mol. The van der Waals surface area contributed by atoms with Crippen LogP contribution in [0, 0.1) is 0 Å². The highest BCUT2D eigenvalue weighted by Gasteiger charge is 2.51. The topological polar surface area (TPSA) is 70.5 Å². The summed E-state index contributed by atoms with van der Waals surface area (Å²) >= 11 is 0. The molecule has 0 bridgehead atoms. The van der Waals surface area contributed by atoms with Gasteiger partial charge in [-0.25, -0.2) is 8.42 Å². The van der Waals surface area contributed by atoms with E-state index in [1.807, 2.05) is 0 Å². The molecule has 0 amide bonds. The zero-order valence-electron chi connectivity index (χ0n) is 10.6. The molecule has 0 unspecified atom stereocenters. The molecule has 0 aliphatic heterocycles. The molecule has 5 nitrogen and oxygen atoms in total. The number of hydrogen-bond acceptors (Lipinski definition) is 4. The van der Waals surface area contributed by atoms with Crippen molar-refractivity contribution in [2.75, 3.05) is 13.7 Å². The minimum absolute atomic E-state index is 0.323. The van der Waals surface area contributed by atoms with Crippen molar-refractivity contribution in [1.82, 2.24) is 9.29 Å². The van der Waals surface area contributed by atoms with Crippen molar-refractivity contribution in [2.24, 2.45) is 0 Å². The maximum atomic E-state index is 12.4. The van der Waals surface area contributed by atoms with Crippen molar-refractivity contribution in [3.05, 3.63) is 24.0 Å². The summed E-state index contributed by atoms with van der Waals surface area (Å²) < 4.78 is 62.6. The van der Waals surface area contributed by atoms with E-state index in [1.54, 1.807) is 0 Å². The summed E-state index contributed by atoms with van der Waals surface area (Å²) in [4.78, 5) is 2.81. The van der Waals surface area contributed by atoms with Gasteiger partial charge in [0.2, 0.25) is 10.0 Å². The molecule has 0 atom stereocenters. The summed E-state index contributed by atoms with van der Waals surface area (Å²) in [6.07, 6.45) is -2.89. The highest BCUT2D eigenvalue weighted by Crippen LogP contribution is 2.43. The van der Waals surface area contributed by atoms with Crippen LogP contribution in [0.15, 0.2) is 23.2 Å². The first-order valence-corrected chi connectivity index (χ1v) is 7.21. The summed E-state index contributed by atoms with van der Waals surface area (Å²) in [6, 6.07) is 1.49. The molecule has 1 aromatic heterocycles. The van der Waals surface area contributed by atoms with Gasteiger partial charge in [0.15, 0.2) is 0 Å². The van der Waals surface area contributed by atoms with E-state index in [2.05, 4.69) is 4.98 Å². The second kappa shape index (κ2) is 4.68. The van der Waals surface area contributed by atoms with Crippen LogP contribution in [0.4, 0.5) is 13.2 Å². The van der Waals surface area contributed by atoms with Crippen molar-refractivity contribution < 1.29 is 26.7 Å². The number of rotatable bonds is 4. The molecule has 2 rings (SSSR count). The Bertz CT molecular complexity index is 594. The Balaban J connectivity index is 2.31. The number of pyridine rings is 1. The van der Waals surface area contributed by atoms with Crippen molar-refractivity contribution in [1.29, 1.82) is 0 Å². The maximum absolute atomic E-state index is 12.4. The average Bonchev–Trinajstić information content (AvgIpc) is 3.18. The quantitative estimate of drug-likeness (QED) is 0.908. The van der Waals surface area contributed by atoms with E-state index in [-0.39, 0.29) is 11.5 Å². The van der Waals surface area contributed by atoms with E-state index in [0.29, 0.717) is 25.1 Å². The predicted octanol–water partition coefficient (Wildman–Crippen LogP) is 1.25. The maximum Gasteiger partial charge on any atom is 0.433 e. The highest BCUT2D eigenvalue weighted by molar-refractivity contribution is 7.89. The first-order chi connectivity index (χ1) is 9.13. The molecule has 1 saturated carbocycles. The summed E-state index contributed by atoms with van der Waals surface area (Å²) in [5, 5.41) is 9.22. The van der Waals surface area contributed by atoms with Crippen LogP contribution in [-0.2, 0) is 16.2 Å². The van der Waals surface area contributed by atoms with Gasteiger partial charge >= 0.3 is 6.18 Å². The van der Waals surface area contributed by atoms with Crippen LogP contribution in [-0.4, -0.2) is 42.0 Å². The van der Waals surface area contributed by atoms with Crippen molar-refractivity contribution >= 4 is 10.0 Å². The second-order valence-corrected chi connectivity index (χ2v) is 6.70. The number of halogens is 3. The van der Waals surface area contributed by atoms with Gasteiger partial charge in [0.1, 0.15) is 10.6 Å². The monoisotopic (exact) mass is 310 g/mol. The third-order valence-electron chi connectivity index (χ3n) is 3.47. The average molecular weight is 310 g/mol. The smallest absolute Gasteiger partial charge is 0.394 e. The van der Waals surface area contributed by atoms with Gasteiger partial charge in [-0.3, -0.25) is 4.98 Å². The Morgan fingerprint density at radius 1 is 1.40 bits per heavy atom. The van der Waals surface area contributed by atoms with Crippen LogP contribution in [0.2, 0.25) is 0 Å². The lowest BCUT2D eigenvalue weighted by Gasteiger charge is -2.25. The first kappa shape index (κ1) is 15.2. The van der Waals surface area contributed by atoms with Crippen LogP contribution in [0.3, 0.4) is 0 Å². The molecular weight excluding hydrogens is 297 g/mol. The molecule has 0 saturated heterocycles. The fourth-order valence-corrected chi connectivity index (χ4v) is 3.32. The van der Waals surface area contributed by atoms with E-state index >= 15 is 0 Å². The standard InChI is InChI=1S/C11H13F3N2O3S/c1-16(10(7-17)4-5-10)20(18,19)8-2-3-9(15-6-8)11(12,13)14/h2-3,6,17H,4-5,7H2,1H3. The van der Waals surface area contributed by atoms with Crippen molar-refractivity contribution in [3.8, 4) is 0 Å². The zero-order chi connectivity index (χ0) is 15.2. The van der Waals surface area contributed by atoms with Gasteiger partial charge < -0.3 is 5.11 Å². The summed E-state index contributed by atoms with van der Waals surface area (Å²) in [7, 11) is -2.66. The first-order valence-electron chi connectivity index (χ1n) is 5.77. The number of alkyl halides is 3. The molecule has 1 aromatic rings. The van der Waals surface area contributed by atoms with E-state index in [0.717, 1.165) is 10.4 Å². The van der Waals surface area contributed by atoms with Crippen molar-refractivity contribution in [3.63, 3.8) is 0 Å².